The van der Waals surface area contributed by atoms with Gasteiger partial charge in [0.1, 0.15) is 5.75 Å². The Balaban J connectivity index is 2.99. The molecule has 2 unspecified atom stereocenters. The zero-order valence-corrected chi connectivity index (χ0v) is 12.7. The van der Waals surface area contributed by atoms with E-state index in [1.807, 2.05) is 12.1 Å². The van der Waals surface area contributed by atoms with Crippen molar-refractivity contribution >= 4 is 11.6 Å². The quantitative estimate of drug-likeness (QED) is 0.845. The molecule has 0 fully saturated rings. The third-order valence-corrected chi connectivity index (χ3v) is 3.47. The standard InChI is InChI=1S/C15H23ClO3/c1-9(2)13-8-12(16)7-11(15(13)19-4)5-6-14(18)10(3)17/h7-10,14,17-18H,5-6H2,1-4H3. The van der Waals surface area contributed by atoms with E-state index in [1.165, 1.54) is 0 Å². The Morgan fingerprint density at radius 1 is 1.21 bits per heavy atom. The number of hydrogen-bond donors (Lipinski definition) is 2. The molecule has 1 rings (SSSR count). The zero-order chi connectivity index (χ0) is 14.6. The number of halogens is 1. The van der Waals surface area contributed by atoms with Crippen LogP contribution < -0.4 is 4.74 Å². The molecule has 0 aliphatic carbocycles. The van der Waals surface area contributed by atoms with Gasteiger partial charge in [0.25, 0.3) is 0 Å². The summed E-state index contributed by atoms with van der Waals surface area (Å²) in [5, 5.41) is 19.7. The third kappa shape index (κ3) is 4.37. The first kappa shape index (κ1) is 16.3. The molecule has 4 heteroatoms. The Bertz CT molecular complexity index is 416. The second-order valence-corrected chi connectivity index (χ2v) is 5.63. The van der Waals surface area contributed by atoms with Gasteiger partial charge in [-0.1, -0.05) is 25.4 Å². The van der Waals surface area contributed by atoms with E-state index in [0.717, 1.165) is 16.9 Å². The number of ether oxygens (including phenoxy) is 1. The lowest BCUT2D eigenvalue weighted by Gasteiger charge is -2.18. The first-order valence-electron chi connectivity index (χ1n) is 6.59. The predicted octanol–water partition coefficient (Wildman–Crippen LogP) is 3.15. The Morgan fingerprint density at radius 3 is 2.32 bits per heavy atom. The van der Waals surface area contributed by atoms with Crippen LogP contribution in [-0.2, 0) is 6.42 Å². The maximum Gasteiger partial charge on any atom is 0.125 e. The van der Waals surface area contributed by atoms with E-state index < -0.39 is 12.2 Å². The molecule has 0 aliphatic rings. The molecule has 2 N–H and O–H groups in total. The Morgan fingerprint density at radius 2 is 1.84 bits per heavy atom. The summed E-state index contributed by atoms with van der Waals surface area (Å²) in [6, 6.07) is 3.78. The lowest BCUT2D eigenvalue weighted by Crippen LogP contribution is -2.23. The van der Waals surface area contributed by atoms with Crippen molar-refractivity contribution in [3.05, 3.63) is 28.3 Å². The van der Waals surface area contributed by atoms with E-state index >= 15 is 0 Å². The van der Waals surface area contributed by atoms with Crippen molar-refractivity contribution in [2.24, 2.45) is 0 Å². The van der Waals surface area contributed by atoms with Gasteiger partial charge in [-0.25, -0.2) is 0 Å². The Hall–Kier alpha value is -0.770. The van der Waals surface area contributed by atoms with Crippen LogP contribution >= 0.6 is 11.6 Å². The molecule has 0 aliphatic heterocycles. The number of rotatable bonds is 6. The van der Waals surface area contributed by atoms with Gasteiger partial charge in [-0.3, -0.25) is 0 Å². The van der Waals surface area contributed by atoms with Gasteiger partial charge in [-0.15, -0.1) is 0 Å². The van der Waals surface area contributed by atoms with Crippen LogP contribution in [0, 0.1) is 0 Å². The molecule has 108 valence electrons. The molecule has 0 saturated heterocycles. The van der Waals surface area contributed by atoms with Crippen molar-refractivity contribution in [1.82, 2.24) is 0 Å². The summed E-state index contributed by atoms with van der Waals surface area (Å²) in [6.07, 6.45) is -0.359. The van der Waals surface area contributed by atoms with E-state index in [0.29, 0.717) is 23.8 Å². The summed E-state index contributed by atoms with van der Waals surface area (Å²) in [4.78, 5) is 0. The Kier molecular flexibility index (Phi) is 6.11. The number of benzene rings is 1. The highest BCUT2D eigenvalue weighted by Gasteiger charge is 2.16. The van der Waals surface area contributed by atoms with E-state index in [2.05, 4.69) is 13.8 Å². The fourth-order valence-electron chi connectivity index (χ4n) is 2.08. The molecule has 0 saturated carbocycles. The average Bonchev–Trinajstić information content (AvgIpc) is 2.34. The van der Waals surface area contributed by atoms with Crippen molar-refractivity contribution in [2.75, 3.05) is 7.11 Å². The molecule has 3 nitrogen and oxygen atoms in total. The molecule has 19 heavy (non-hydrogen) atoms. The van der Waals surface area contributed by atoms with Gasteiger partial charge in [0.15, 0.2) is 0 Å². The van der Waals surface area contributed by atoms with Crippen LogP contribution in [0.25, 0.3) is 0 Å². The number of aryl methyl sites for hydroxylation is 1. The summed E-state index contributed by atoms with van der Waals surface area (Å²) in [5.74, 6) is 1.14. The zero-order valence-electron chi connectivity index (χ0n) is 12.0. The highest BCUT2D eigenvalue weighted by molar-refractivity contribution is 6.30. The van der Waals surface area contributed by atoms with Crippen LogP contribution in [0.2, 0.25) is 5.02 Å². The van der Waals surface area contributed by atoms with E-state index in [9.17, 15) is 10.2 Å². The SMILES string of the molecule is COc1c(CCC(O)C(C)O)cc(Cl)cc1C(C)C. The van der Waals surface area contributed by atoms with Crippen molar-refractivity contribution in [3.63, 3.8) is 0 Å². The first-order chi connectivity index (χ1) is 8.86. The average molecular weight is 287 g/mol. The maximum atomic E-state index is 9.68. The van der Waals surface area contributed by atoms with Gasteiger partial charge < -0.3 is 14.9 Å². The van der Waals surface area contributed by atoms with Crippen LogP contribution in [0.1, 0.15) is 44.2 Å². The van der Waals surface area contributed by atoms with Gasteiger partial charge >= 0.3 is 0 Å². The summed E-state index contributed by atoms with van der Waals surface area (Å²) in [7, 11) is 1.64. The van der Waals surface area contributed by atoms with Crippen LogP contribution in [0.5, 0.6) is 5.75 Å². The molecule has 1 aromatic rings. The molecule has 0 bridgehead atoms. The predicted molar refractivity (Wildman–Crippen MR) is 78.1 cm³/mol. The summed E-state index contributed by atoms with van der Waals surface area (Å²) >= 11 is 6.13. The monoisotopic (exact) mass is 286 g/mol. The summed E-state index contributed by atoms with van der Waals surface area (Å²) in [5.41, 5.74) is 2.04. The van der Waals surface area contributed by atoms with Gasteiger partial charge in [-0.05, 0) is 48.9 Å². The van der Waals surface area contributed by atoms with Gasteiger partial charge in [0.2, 0.25) is 0 Å². The number of methoxy groups -OCH3 is 1. The first-order valence-corrected chi connectivity index (χ1v) is 6.97. The fraction of sp³-hybridized carbons (Fsp3) is 0.600. The molecular formula is C15H23ClO3. The van der Waals surface area contributed by atoms with E-state index in [1.54, 1.807) is 14.0 Å². The molecule has 0 spiro atoms. The van der Waals surface area contributed by atoms with Crippen molar-refractivity contribution in [3.8, 4) is 5.75 Å². The Labute approximate surface area is 120 Å². The number of aliphatic hydroxyl groups is 2. The highest BCUT2D eigenvalue weighted by atomic mass is 35.5. The molecular weight excluding hydrogens is 264 g/mol. The van der Waals surface area contributed by atoms with Crippen LogP contribution in [0.4, 0.5) is 0 Å². The van der Waals surface area contributed by atoms with Gasteiger partial charge in [0, 0.05) is 5.02 Å². The molecule has 0 aromatic heterocycles. The highest BCUT2D eigenvalue weighted by Crippen LogP contribution is 2.34. The molecule has 2 atom stereocenters. The van der Waals surface area contributed by atoms with Crippen LogP contribution in [0.3, 0.4) is 0 Å². The topological polar surface area (TPSA) is 49.7 Å². The second-order valence-electron chi connectivity index (χ2n) is 5.19. The lowest BCUT2D eigenvalue weighted by atomic mass is 9.95. The number of hydrogen-bond acceptors (Lipinski definition) is 3. The minimum absolute atomic E-state index is 0.314. The fourth-order valence-corrected chi connectivity index (χ4v) is 2.33. The molecule has 0 amide bonds. The minimum atomic E-state index is -0.730. The second kappa shape index (κ2) is 7.13. The van der Waals surface area contributed by atoms with Crippen molar-refractivity contribution in [2.45, 2.75) is 51.7 Å². The van der Waals surface area contributed by atoms with Crippen LogP contribution in [-0.4, -0.2) is 29.5 Å². The normalized spacial score (nSPS) is 14.5. The van der Waals surface area contributed by atoms with E-state index in [4.69, 9.17) is 16.3 Å². The minimum Gasteiger partial charge on any atom is -0.496 e. The van der Waals surface area contributed by atoms with Gasteiger partial charge in [0.05, 0.1) is 19.3 Å². The largest absolute Gasteiger partial charge is 0.496 e. The molecule has 0 radical (unpaired) electrons. The van der Waals surface area contributed by atoms with E-state index in [-0.39, 0.29) is 0 Å². The smallest absolute Gasteiger partial charge is 0.125 e. The summed E-state index contributed by atoms with van der Waals surface area (Å²) in [6.45, 7) is 5.75. The molecule has 1 aromatic carbocycles. The summed E-state index contributed by atoms with van der Waals surface area (Å²) < 4.78 is 5.48. The van der Waals surface area contributed by atoms with Crippen molar-refractivity contribution < 1.29 is 14.9 Å². The maximum absolute atomic E-state index is 9.68. The van der Waals surface area contributed by atoms with Crippen molar-refractivity contribution in [1.29, 1.82) is 0 Å². The van der Waals surface area contributed by atoms with Gasteiger partial charge in [-0.2, -0.15) is 0 Å². The number of aliphatic hydroxyl groups excluding tert-OH is 2. The lowest BCUT2D eigenvalue weighted by molar-refractivity contribution is 0.0264. The van der Waals surface area contributed by atoms with Crippen LogP contribution in [0.15, 0.2) is 12.1 Å². The molecule has 0 heterocycles. The third-order valence-electron chi connectivity index (χ3n) is 3.25.